The Kier molecular flexibility index (Phi) is 5.50. The summed E-state index contributed by atoms with van der Waals surface area (Å²) in [4.78, 5) is 10.7. The van der Waals surface area contributed by atoms with Crippen molar-refractivity contribution in [2.24, 2.45) is 0 Å². The second-order valence-corrected chi connectivity index (χ2v) is 6.06. The number of aliphatic carboxylic acids is 1. The van der Waals surface area contributed by atoms with E-state index in [1.807, 2.05) is 13.8 Å². The molecule has 19 heavy (non-hydrogen) atoms. The minimum atomic E-state index is -3.53. The van der Waals surface area contributed by atoms with Gasteiger partial charge in [-0.1, -0.05) is 26.0 Å². The van der Waals surface area contributed by atoms with Gasteiger partial charge < -0.3 is 5.11 Å². The van der Waals surface area contributed by atoms with Crippen molar-refractivity contribution in [1.29, 1.82) is 0 Å². The molecule has 0 aliphatic rings. The Bertz CT molecular complexity index is 518. The van der Waals surface area contributed by atoms with Gasteiger partial charge in [0.25, 0.3) is 0 Å². The van der Waals surface area contributed by atoms with Crippen LogP contribution in [0.1, 0.15) is 32.3 Å². The van der Waals surface area contributed by atoms with E-state index in [1.54, 1.807) is 0 Å². The highest BCUT2D eigenvalue weighted by Crippen LogP contribution is 2.13. The third-order valence-electron chi connectivity index (χ3n) is 2.90. The lowest BCUT2D eigenvalue weighted by molar-refractivity contribution is -0.136. The van der Waals surface area contributed by atoms with Crippen LogP contribution in [0.4, 0.5) is 0 Å². The van der Waals surface area contributed by atoms with Gasteiger partial charge in [-0.15, -0.1) is 0 Å². The fraction of sp³-hybridized carbons (Fsp3) is 0.462. The number of nitrogens with one attached hydrogen (secondary N) is 1. The fourth-order valence-electron chi connectivity index (χ4n) is 1.70. The monoisotopic (exact) mass is 285 g/mol. The first-order valence-corrected chi connectivity index (χ1v) is 7.70. The maximum Gasteiger partial charge on any atom is 0.307 e. The van der Waals surface area contributed by atoms with E-state index in [2.05, 4.69) is 4.72 Å². The van der Waals surface area contributed by atoms with Crippen LogP contribution in [-0.2, 0) is 21.2 Å². The van der Waals surface area contributed by atoms with Crippen molar-refractivity contribution in [2.45, 2.75) is 44.0 Å². The summed E-state index contributed by atoms with van der Waals surface area (Å²) in [5.41, 5.74) is 0.578. The van der Waals surface area contributed by atoms with Crippen LogP contribution < -0.4 is 4.72 Å². The molecule has 2 N–H and O–H groups in total. The maximum atomic E-state index is 12.1. The van der Waals surface area contributed by atoms with E-state index in [1.165, 1.54) is 24.3 Å². The zero-order chi connectivity index (χ0) is 14.5. The molecule has 0 bridgehead atoms. The van der Waals surface area contributed by atoms with Crippen molar-refractivity contribution in [3.63, 3.8) is 0 Å². The highest BCUT2D eigenvalue weighted by atomic mass is 32.2. The van der Waals surface area contributed by atoms with Gasteiger partial charge in [-0.2, -0.15) is 0 Å². The van der Waals surface area contributed by atoms with Crippen LogP contribution in [0.15, 0.2) is 29.2 Å². The molecule has 0 spiro atoms. The molecule has 0 unspecified atom stereocenters. The second-order valence-electron chi connectivity index (χ2n) is 4.35. The molecule has 1 rings (SSSR count). The quantitative estimate of drug-likeness (QED) is 0.800. The lowest BCUT2D eigenvalue weighted by Crippen LogP contribution is -2.33. The van der Waals surface area contributed by atoms with Crippen LogP contribution in [0.5, 0.6) is 0 Å². The SMILES string of the molecule is CCC(CC)NS(=O)(=O)c1ccc(CC(=O)O)cc1. The van der Waals surface area contributed by atoms with Crippen molar-refractivity contribution in [3.05, 3.63) is 29.8 Å². The van der Waals surface area contributed by atoms with Crippen LogP contribution in [0, 0.1) is 0 Å². The van der Waals surface area contributed by atoms with Crippen molar-refractivity contribution < 1.29 is 18.3 Å². The molecule has 0 aliphatic heterocycles. The molecular formula is C13H19NO4S. The van der Waals surface area contributed by atoms with Gasteiger partial charge in [-0.05, 0) is 30.5 Å². The van der Waals surface area contributed by atoms with Crippen molar-refractivity contribution in [2.75, 3.05) is 0 Å². The molecule has 0 saturated carbocycles. The van der Waals surface area contributed by atoms with Gasteiger partial charge in [0.2, 0.25) is 10.0 Å². The molecule has 6 heteroatoms. The predicted molar refractivity (Wildman–Crippen MR) is 72.5 cm³/mol. The van der Waals surface area contributed by atoms with Gasteiger partial charge in [-0.25, -0.2) is 13.1 Å². The smallest absolute Gasteiger partial charge is 0.307 e. The van der Waals surface area contributed by atoms with Crippen molar-refractivity contribution >= 4 is 16.0 Å². The number of carboxylic acids is 1. The largest absolute Gasteiger partial charge is 0.481 e. The zero-order valence-corrected chi connectivity index (χ0v) is 11.9. The topological polar surface area (TPSA) is 83.5 Å². The van der Waals surface area contributed by atoms with E-state index < -0.39 is 16.0 Å². The van der Waals surface area contributed by atoms with E-state index >= 15 is 0 Å². The summed E-state index contributed by atoms with van der Waals surface area (Å²) < 4.78 is 26.8. The van der Waals surface area contributed by atoms with Gasteiger partial charge in [0.15, 0.2) is 0 Å². The highest BCUT2D eigenvalue weighted by Gasteiger charge is 2.17. The van der Waals surface area contributed by atoms with E-state index in [4.69, 9.17) is 5.11 Å². The second kappa shape index (κ2) is 6.68. The van der Waals surface area contributed by atoms with Crippen LogP contribution in [0.3, 0.4) is 0 Å². The number of rotatable bonds is 7. The maximum absolute atomic E-state index is 12.1. The van der Waals surface area contributed by atoms with E-state index in [-0.39, 0.29) is 17.4 Å². The molecule has 0 amide bonds. The summed E-state index contributed by atoms with van der Waals surface area (Å²) >= 11 is 0. The molecule has 106 valence electrons. The van der Waals surface area contributed by atoms with Crippen molar-refractivity contribution in [3.8, 4) is 0 Å². The number of sulfonamides is 1. The molecule has 0 fully saturated rings. The Morgan fingerprint density at radius 2 is 1.74 bits per heavy atom. The number of hydrogen-bond acceptors (Lipinski definition) is 3. The number of benzene rings is 1. The number of hydrogen-bond donors (Lipinski definition) is 2. The normalized spacial score (nSPS) is 11.7. The Hall–Kier alpha value is -1.40. The number of carboxylic acid groups (broad SMARTS) is 1. The van der Waals surface area contributed by atoms with Gasteiger partial charge in [-0.3, -0.25) is 4.79 Å². The van der Waals surface area contributed by atoms with Crippen LogP contribution in [0.25, 0.3) is 0 Å². The summed E-state index contributed by atoms with van der Waals surface area (Å²) in [5.74, 6) is -0.939. The third kappa shape index (κ3) is 4.65. The van der Waals surface area contributed by atoms with Crippen LogP contribution >= 0.6 is 0 Å². The molecule has 0 radical (unpaired) electrons. The lowest BCUT2D eigenvalue weighted by Gasteiger charge is -2.15. The first-order chi connectivity index (χ1) is 8.89. The Morgan fingerprint density at radius 1 is 1.21 bits per heavy atom. The van der Waals surface area contributed by atoms with Gasteiger partial charge in [0.05, 0.1) is 11.3 Å². The molecular weight excluding hydrogens is 266 g/mol. The lowest BCUT2D eigenvalue weighted by atomic mass is 10.2. The summed E-state index contributed by atoms with van der Waals surface area (Å²) in [7, 11) is -3.53. The standard InChI is InChI=1S/C13H19NO4S/c1-3-11(4-2)14-19(17,18)12-7-5-10(6-8-12)9-13(15)16/h5-8,11,14H,3-4,9H2,1-2H3,(H,15,16). The summed E-state index contributed by atoms with van der Waals surface area (Å²) in [6.07, 6.45) is 1.35. The Balaban J connectivity index is 2.87. The Labute approximate surface area is 113 Å². The molecule has 0 atom stereocenters. The predicted octanol–water partition coefficient (Wildman–Crippen LogP) is 1.78. The first-order valence-electron chi connectivity index (χ1n) is 6.22. The number of carbonyl (C=O) groups is 1. The van der Waals surface area contributed by atoms with Crippen molar-refractivity contribution in [1.82, 2.24) is 4.72 Å². The molecule has 5 nitrogen and oxygen atoms in total. The average molecular weight is 285 g/mol. The van der Waals surface area contributed by atoms with Crippen LogP contribution in [0.2, 0.25) is 0 Å². The van der Waals surface area contributed by atoms with Gasteiger partial charge in [0.1, 0.15) is 0 Å². The van der Waals surface area contributed by atoms with E-state index in [0.717, 1.165) is 12.8 Å². The molecule has 1 aromatic rings. The van der Waals surface area contributed by atoms with Crippen LogP contribution in [-0.4, -0.2) is 25.5 Å². The van der Waals surface area contributed by atoms with E-state index in [0.29, 0.717) is 5.56 Å². The molecule has 0 aliphatic carbocycles. The molecule has 1 aromatic carbocycles. The minimum Gasteiger partial charge on any atom is -0.481 e. The summed E-state index contributed by atoms with van der Waals surface area (Å²) in [5, 5.41) is 8.65. The highest BCUT2D eigenvalue weighted by molar-refractivity contribution is 7.89. The molecule has 0 saturated heterocycles. The molecule has 0 aromatic heterocycles. The Morgan fingerprint density at radius 3 is 2.16 bits per heavy atom. The average Bonchev–Trinajstić information content (AvgIpc) is 2.36. The van der Waals surface area contributed by atoms with Gasteiger partial charge in [0, 0.05) is 6.04 Å². The van der Waals surface area contributed by atoms with E-state index in [9.17, 15) is 13.2 Å². The zero-order valence-electron chi connectivity index (χ0n) is 11.1. The third-order valence-corrected chi connectivity index (χ3v) is 4.43. The fourth-order valence-corrected chi connectivity index (χ4v) is 3.11. The minimum absolute atomic E-state index is 0.0799. The summed E-state index contributed by atoms with van der Waals surface area (Å²) in [6, 6.07) is 5.83. The summed E-state index contributed by atoms with van der Waals surface area (Å²) in [6.45, 7) is 3.85. The first kappa shape index (κ1) is 15.7. The molecule has 0 heterocycles. The van der Waals surface area contributed by atoms with Gasteiger partial charge >= 0.3 is 5.97 Å².